The molecule has 0 aromatic rings. The summed E-state index contributed by atoms with van der Waals surface area (Å²) in [6, 6.07) is 0. The molecule has 1 atom stereocenters. The minimum absolute atomic E-state index is 0.229. The first-order valence-electron chi connectivity index (χ1n) is 4.82. The molecule has 1 unspecified atom stereocenters. The SMILES string of the molecule is CC.CNCCC(C=O)C(C)C. The van der Waals surface area contributed by atoms with Crippen molar-refractivity contribution in [3.8, 4) is 0 Å². The lowest BCUT2D eigenvalue weighted by Gasteiger charge is -2.12. The fraction of sp³-hybridized carbons (Fsp3) is 0.900. The highest BCUT2D eigenvalue weighted by atomic mass is 16.1. The molecule has 0 spiro atoms. The third-order valence-corrected chi connectivity index (χ3v) is 1.76. The number of carbonyl (C=O) groups is 1. The molecule has 0 saturated heterocycles. The first-order chi connectivity index (χ1) is 5.72. The van der Waals surface area contributed by atoms with Gasteiger partial charge in [-0.25, -0.2) is 0 Å². The van der Waals surface area contributed by atoms with E-state index in [4.69, 9.17) is 0 Å². The Labute approximate surface area is 76.7 Å². The molecule has 2 heteroatoms. The molecule has 12 heavy (non-hydrogen) atoms. The van der Waals surface area contributed by atoms with Crippen LogP contribution in [-0.2, 0) is 4.79 Å². The van der Waals surface area contributed by atoms with Gasteiger partial charge in [0.1, 0.15) is 6.29 Å². The first kappa shape index (κ1) is 14.2. The standard InChI is InChI=1S/C8H17NO.C2H6/c1-7(2)8(6-10)4-5-9-3;1-2/h6-9H,4-5H2,1-3H3;1-2H3. The third-order valence-electron chi connectivity index (χ3n) is 1.76. The number of hydrogen-bond donors (Lipinski definition) is 1. The molecule has 0 heterocycles. The van der Waals surface area contributed by atoms with Crippen LogP contribution in [0.5, 0.6) is 0 Å². The van der Waals surface area contributed by atoms with Crippen LogP contribution in [0.25, 0.3) is 0 Å². The predicted molar refractivity (Wildman–Crippen MR) is 54.3 cm³/mol. The Morgan fingerprint density at radius 3 is 2.08 bits per heavy atom. The van der Waals surface area contributed by atoms with E-state index in [9.17, 15) is 4.79 Å². The van der Waals surface area contributed by atoms with Crippen molar-refractivity contribution >= 4 is 6.29 Å². The number of hydrogen-bond acceptors (Lipinski definition) is 2. The molecule has 0 amide bonds. The Bertz CT molecular complexity index is 91.8. The second-order valence-electron chi connectivity index (χ2n) is 2.94. The molecule has 0 aromatic heterocycles. The van der Waals surface area contributed by atoms with Gasteiger partial charge >= 0.3 is 0 Å². The lowest BCUT2D eigenvalue weighted by molar-refractivity contribution is -0.112. The van der Waals surface area contributed by atoms with Gasteiger partial charge in [-0.2, -0.15) is 0 Å². The molecule has 1 N–H and O–H groups in total. The van der Waals surface area contributed by atoms with E-state index < -0.39 is 0 Å². The second-order valence-corrected chi connectivity index (χ2v) is 2.94. The van der Waals surface area contributed by atoms with E-state index in [0.29, 0.717) is 5.92 Å². The zero-order chi connectivity index (χ0) is 9.98. The lowest BCUT2D eigenvalue weighted by Crippen LogP contribution is -2.17. The van der Waals surface area contributed by atoms with Gasteiger partial charge in [-0.15, -0.1) is 0 Å². The number of carbonyl (C=O) groups excluding carboxylic acids is 1. The summed E-state index contributed by atoms with van der Waals surface area (Å²) in [5.74, 6) is 0.707. The van der Waals surface area contributed by atoms with E-state index in [1.165, 1.54) is 0 Å². The van der Waals surface area contributed by atoms with Gasteiger partial charge < -0.3 is 10.1 Å². The Morgan fingerprint density at radius 2 is 1.83 bits per heavy atom. The van der Waals surface area contributed by atoms with Crippen LogP contribution in [0.1, 0.15) is 34.1 Å². The van der Waals surface area contributed by atoms with Crippen molar-refractivity contribution in [2.45, 2.75) is 34.1 Å². The summed E-state index contributed by atoms with van der Waals surface area (Å²) in [4.78, 5) is 10.4. The minimum Gasteiger partial charge on any atom is -0.320 e. The Kier molecular flexibility index (Phi) is 12.6. The van der Waals surface area contributed by atoms with Gasteiger partial charge in [0.15, 0.2) is 0 Å². The highest BCUT2D eigenvalue weighted by Gasteiger charge is 2.10. The molecule has 0 aliphatic carbocycles. The van der Waals surface area contributed by atoms with Crippen molar-refractivity contribution in [3.63, 3.8) is 0 Å². The van der Waals surface area contributed by atoms with Gasteiger partial charge in [-0.1, -0.05) is 27.7 Å². The molecule has 0 rings (SSSR count). The highest BCUT2D eigenvalue weighted by Crippen LogP contribution is 2.10. The first-order valence-corrected chi connectivity index (χ1v) is 4.82. The van der Waals surface area contributed by atoms with Gasteiger partial charge in [-0.05, 0) is 25.9 Å². The van der Waals surface area contributed by atoms with E-state index in [0.717, 1.165) is 19.3 Å². The van der Waals surface area contributed by atoms with Gasteiger partial charge in [0.2, 0.25) is 0 Å². The van der Waals surface area contributed by atoms with E-state index >= 15 is 0 Å². The molecular formula is C10H23NO. The fourth-order valence-corrected chi connectivity index (χ4v) is 0.870. The second kappa shape index (κ2) is 10.6. The van der Waals surface area contributed by atoms with Gasteiger partial charge in [-0.3, -0.25) is 0 Å². The molecule has 0 aliphatic rings. The summed E-state index contributed by atoms with van der Waals surface area (Å²) in [6.07, 6.45) is 2.01. The monoisotopic (exact) mass is 173 g/mol. The predicted octanol–water partition coefficient (Wildman–Crippen LogP) is 2.09. The van der Waals surface area contributed by atoms with Crippen LogP contribution in [0.3, 0.4) is 0 Å². The minimum atomic E-state index is 0.229. The van der Waals surface area contributed by atoms with Gasteiger partial charge in [0.05, 0.1) is 0 Å². The van der Waals surface area contributed by atoms with E-state index in [2.05, 4.69) is 19.2 Å². The Balaban J connectivity index is 0. The average molecular weight is 173 g/mol. The van der Waals surface area contributed by atoms with Crippen LogP contribution in [0.15, 0.2) is 0 Å². The Morgan fingerprint density at radius 1 is 1.33 bits per heavy atom. The van der Waals surface area contributed by atoms with Gasteiger partial charge in [0, 0.05) is 5.92 Å². The van der Waals surface area contributed by atoms with Crippen LogP contribution in [0, 0.1) is 11.8 Å². The largest absolute Gasteiger partial charge is 0.320 e. The van der Waals surface area contributed by atoms with Crippen molar-refractivity contribution in [1.82, 2.24) is 5.32 Å². The zero-order valence-electron chi connectivity index (χ0n) is 9.05. The van der Waals surface area contributed by atoms with Crippen molar-refractivity contribution in [2.75, 3.05) is 13.6 Å². The number of nitrogens with one attached hydrogen (secondary N) is 1. The summed E-state index contributed by atoms with van der Waals surface area (Å²) >= 11 is 0. The topological polar surface area (TPSA) is 29.1 Å². The molecule has 74 valence electrons. The summed E-state index contributed by atoms with van der Waals surface area (Å²) in [5, 5.41) is 3.03. The lowest BCUT2D eigenvalue weighted by atomic mass is 9.94. The van der Waals surface area contributed by atoms with Crippen LogP contribution in [0.4, 0.5) is 0 Å². The number of rotatable bonds is 5. The normalized spacial score (nSPS) is 11.8. The molecule has 0 saturated carbocycles. The smallest absolute Gasteiger partial charge is 0.123 e. The molecule has 0 aromatic carbocycles. The average Bonchev–Trinajstić information content (AvgIpc) is 2.09. The summed E-state index contributed by atoms with van der Waals surface area (Å²) in [6.45, 7) is 9.09. The van der Waals surface area contributed by atoms with Gasteiger partial charge in [0.25, 0.3) is 0 Å². The third kappa shape index (κ3) is 7.73. The quantitative estimate of drug-likeness (QED) is 0.645. The summed E-state index contributed by atoms with van der Waals surface area (Å²) in [5.41, 5.74) is 0. The van der Waals surface area contributed by atoms with E-state index in [-0.39, 0.29) is 5.92 Å². The maximum Gasteiger partial charge on any atom is 0.123 e. The maximum atomic E-state index is 10.4. The van der Waals surface area contributed by atoms with E-state index in [1.54, 1.807) is 0 Å². The summed E-state index contributed by atoms with van der Waals surface area (Å²) in [7, 11) is 1.90. The van der Waals surface area contributed by atoms with Crippen LogP contribution in [-0.4, -0.2) is 19.9 Å². The number of aldehydes is 1. The van der Waals surface area contributed by atoms with E-state index in [1.807, 2.05) is 20.9 Å². The maximum absolute atomic E-state index is 10.4. The van der Waals surface area contributed by atoms with Crippen LogP contribution in [0.2, 0.25) is 0 Å². The molecule has 0 bridgehead atoms. The van der Waals surface area contributed by atoms with Crippen LogP contribution >= 0.6 is 0 Å². The molecular weight excluding hydrogens is 150 g/mol. The highest BCUT2D eigenvalue weighted by molar-refractivity contribution is 5.53. The Hall–Kier alpha value is -0.370. The van der Waals surface area contributed by atoms with Crippen molar-refractivity contribution < 1.29 is 4.79 Å². The molecule has 0 radical (unpaired) electrons. The van der Waals surface area contributed by atoms with Crippen LogP contribution < -0.4 is 5.32 Å². The molecule has 0 fully saturated rings. The van der Waals surface area contributed by atoms with Crippen molar-refractivity contribution in [1.29, 1.82) is 0 Å². The zero-order valence-corrected chi connectivity index (χ0v) is 9.05. The fourth-order valence-electron chi connectivity index (χ4n) is 0.870. The van der Waals surface area contributed by atoms with Crippen molar-refractivity contribution in [2.24, 2.45) is 11.8 Å². The molecule has 0 aliphatic heterocycles. The molecule has 2 nitrogen and oxygen atoms in total. The summed E-state index contributed by atoms with van der Waals surface area (Å²) < 4.78 is 0. The van der Waals surface area contributed by atoms with Crippen molar-refractivity contribution in [3.05, 3.63) is 0 Å².